The van der Waals surface area contributed by atoms with Crippen molar-refractivity contribution in [2.24, 2.45) is 0 Å². The fourth-order valence-electron chi connectivity index (χ4n) is 14.4. The van der Waals surface area contributed by atoms with Crippen LogP contribution in [-0.4, -0.2) is 75.3 Å². The molecule has 0 bridgehead atoms. The molecule has 2 atom stereocenters. The largest absolute Gasteiger partial charge is 0.496 e. The lowest BCUT2D eigenvalue weighted by atomic mass is 9.78. The van der Waals surface area contributed by atoms with E-state index in [1.54, 1.807) is 7.11 Å². The lowest BCUT2D eigenvalue weighted by Crippen LogP contribution is -2.45. The summed E-state index contributed by atoms with van der Waals surface area (Å²) >= 11 is 0. The van der Waals surface area contributed by atoms with Gasteiger partial charge in [-0.15, -0.1) is 0 Å². The van der Waals surface area contributed by atoms with E-state index in [1.807, 2.05) is 0 Å². The smallest absolute Gasteiger partial charge is 0.494 e. The van der Waals surface area contributed by atoms with E-state index in [2.05, 4.69) is 268 Å². The molecule has 4 aliphatic rings. The normalized spacial score (nSPS) is 21.1. The Balaban J connectivity index is 0.632. The van der Waals surface area contributed by atoms with E-state index in [0.717, 1.165) is 83.0 Å². The van der Waals surface area contributed by atoms with Crippen molar-refractivity contribution in [1.29, 1.82) is 0 Å². The number of ether oxygens (including phenoxy) is 3. The van der Waals surface area contributed by atoms with Crippen LogP contribution in [0.1, 0.15) is 177 Å². The monoisotopic (exact) mass is 1260 g/mol. The summed E-state index contributed by atoms with van der Waals surface area (Å²) in [6, 6.07) is 59.7. The molecule has 3 saturated heterocycles. The third kappa shape index (κ3) is 12.8. The van der Waals surface area contributed by atoms with Crippen LogP contribution in [0.2, 0.25) is 0 Å². The van der Waals surface area contributed by atoms with Gasteiger partial charge < -0.3 is 42.1 Å². The summed E-state index contributed by atoms with van der Waals surface area (Å²) in [5.41, 5.74) is 10.4. The van der Waals surface area contributed by atoms with Gasteiger partial charge in [-0.2, -0.15) is 0 Å². The van der Waals surface area contributed by atoms with Crippen molar-refractivity contribution in [3.8, 4) is 50.6 Å². The Hall–Kier alpha value is -6.89. The average molecular weight is 1260 g/mol. The van der Waals surface area contributed by atoms with Crippen molar-refractivity contribution in [3.05, 3.63) is 180 Å². The zero-order chi connectivity index (χ0) is 66.3. The van der Waals surface area contributed by atoms with Gasteiger partial charge in [-0.25, -0.2) is 0 Å². The Morgan fingerprint density at radius 2 is 0.766 bits per heavy atom. The maximum atomic E-state index is 6.93. The molecule has 2 unspecified atom stereocenters. The van der Waals surface area contributed by atoms with Crippen molar-refractivity contribution in [2.45, 2.75) is 200 Å². The van der Waals surface area contributed by atoms with Crippen molar-refractivity contribution in [2.75, 3.05) is 20.3 Å². The second-order valence-electron chi connectivity index (χ2n) is 31.0. The summed E-state index contributed by atoms with van der Waals surface area (Å²) in [5.74, 6) is 3.60. The number of hydrogen-bond acceptors (Lipinski definition) is 9. The molecule has 0 spiro atoms. The highest BCUT2D eigenvalue weighted by Gasteiger charge is 2.56. The van der Waals surface area contributed by atoms with Gasteiger partial charge in [0.15, 0.2) is 0 Å². The topological polar surface area (TPSA) is 83.1 Å². The average Bonchev–Trinajstić information content (AvgIpc) is 1.58. The van der Waals surface area contributed by atoms with E-state index in [4.69, 9.17) is 42.1 Å². The third-order valence-corrected chi connectivity index (χ3v) is 22.1. The Morgan fingerprint density at radius 1 is 0.404 bits per heavy atom. The summed E-state index contributed by atoms with van der Waals surface area (Å²) in [5, 5.41) is 6.93. The molecule has 13 rings (SSSR count). The van der Waals surface area contributed by atoms with Crippen LogP contribution in [0.4, 0.5) is 0 Å². The molecule has 9 nitrogen and oxygen atoms in total. The Kier molecular flexibility index (Phi) is 17.5. The first-order valence-corrected chi connectivity index (χ1v) is 34.5. The number of fused-ring (bicyclic) bond motifs is 3. The highest BCUT2D eigenvalue weighted by Crippen LogP contribution is 2.45. The van der Waals surface area contributed by atoms with Crippen molar-refractivity contribution >= 4 is 70.1 Å². The van der Waals surface area contributed by atoms with Gasteiger partial charge in [0.1, 0.15) is 17.2 Å². The standard InChI is InChI=1S/C82H95B3O9/c1-53(2)70-50-64(55-22-25-61-47-67(34-28-58(61)44-55)83-89-77(6,7)78(8,9)90-83)32-38-74(70)87-42-40-81(14)79(10,11)91-84(93-81)69-36-30-60-46-57(24-27-63(60)49-69)66-33-39-75(72(52-66)76(3,4)5)88-43-41-82(15)80(12,13)92-85(94-82)68-35-29-59-45-56(23-26-62(59)48-68)65-31-37-73(86-16)71(51-65)54-20-18-17-19-21-54/h22-39,44-54H,17-21,40-43H2,1-16H3. The number of methoxy groups -OCH3 is 1. The molecule has 486 valence electrons. The molecule has 0 N–H and O–H groups in total. The van der Waals surface area contributed by atoms with Crippen LogP contribution in [0.25, 0.3) is 65.7 Å². The van der Waals surface area contributed by atoms with E-state index in [9.17, 15) is 0 Å². The molecule has 9 aromatic rings. The number of hydrogen-bond donors (Lipinski definition) is 0. The molecule has 9 aromatic carbocycles. The van der Waals surface area contributed by atoms with Gasteiger partial charge in [0.05, 0.1) is 53.9 Å². The molecule has 0 radical (unpaired) electrons. The summed E-state index contributed by atoms with van der Waals surface area (Å²) < 4.78 is 59.4. The minimum atomic E-state index is -0.609. The molecular formula is C82H95B3O9. The van der Waals surface area contributed by atoms with Gasteiger partial charge >= 0.3 is 21.4 Å². The van der Waals surface area contributed by atoms with Crippen LogP contribution in [0, 0.1) is 0 Å². The SMILES string of the molecule is COc1ccc(-c2ccc3cc(B4OC(C)(C)C(C)(CCOc5ccc(-c6ccc7cc(B8OC(C)(C)C(C)(CCOc9ccc(-c%10ccc%11cc(B%12OC(C)(C)C(C)(C)O%12)ccc%11c%10)cc9C(C)C)O8)ccc7c6)cc5C(C)(C)C)O4)ccc3c2)cc1C1CCCCC1. The fourth-order valence-corrected chi connectivity index (χ4v) is 14.4. The highest BCUT2D eigenvalue weighted by molar-refractivity contribution is 6.63. The van der Waals surface area contributed by atoms with Crippen molar-refractivity contribution in [3.63, 3.8) is 0 Å². The van der Waals surface area contributed by atoms with Gasteiger partial charge in [-0.05, 0) is 247 Å². The summed E-state index contributed by atoms with van der Waals surface area (Å²) in [4.78, 5) is 0. The van der Waals surface area contributed by atoms with Gasteiger partial charge in [-0.1, -0.05) is 163 Å². The van der Waals surface area contributed by atoms with E-state index in [0.29, 0.717) is 32.0 Å². The molecule has 1 aliphatic carbocycles. The molecule has 0 aromatic heterocycles. The second kappa shape index (κ2) is 25.0. The van der Waals surface area contributed by atoms with Crippen LogP contribution in [0.15, 0.2) is 164 Å². The highest BCUT2D eigenvalue weighted by atomic mass is 16.7. The molecular weight excluding hydrogens is 1160 g/mol. The quantitative estimate of drug-likeness (QED) is 0.0828. The third-order valence-electron chi connectivity index (χ3n) is 22.1. The molecule has 3 heterocycles. The fraction of sp³-hybridized carbons (Fsp3) is 0.415. The molecule has 4 fully saturated rings. The molecule has 0 amide bonds. The first-order chi connectivity index (χ1) is 44.6. The van der Waals surface area contributed by atoms with Crippen molar-refractivity contribution < 1.29 is 42.1 Å². The second-order valence-corrected chi connectivity index (χ2v) is 31.0. The molecule has 1 saturated carbocycles. The number of rotatable bonds is 17. The van der Waals surface area contributed by atoms with E-state index >= 15 is 0 Å². The van der Waals surface area contributed by atoms with Crippen molar-refractivity contribution in [1.82, 2.24) is 0 Å². The first-order valence-electron chi connectivity index (χ1n) is 34.5. The lowest BCUT2D eigenvalue weighted by Gasteiger charge is -2.36. The van der Waals surface area contributed by atoms with Crippen LogP contribution >= 0.6 is 0 Å². The summed E-state index contributed by atoms with van der Waals surface area (Å²) in [7, 11) is 0.367. The maximum Gasteiger partial charge on any atom is 0.494 e. The predicted octanol–water partition coefficient (Wildman–Crippen LogP) is 18.4. The van der Waals surface area contributed by atoms with Crippen LogP contribution in [0.5, 0.6) is 17.2 Å². The summed E-state index contributed by atoms with van der Waals surface area (Å²) in [6.45, 7) is 33.4. The van der Waals surface area contributed by atoms with E-state index in [1.165, 1.54) is 65.1 Å². The minimum absolute atomic E-state index is 0.176. The molecule has 12 heteroatoms. The van der Waals surface area contributed by atoms with E-state index < -0.39 is 43.8 Å². The summed E-state index contributed by atoms with van der Waals surface area (Å²) in [6.07, 6.45) is 7.66. The van der Waals surface area contributed by atoms with Crippen LogP contribution in [0.3, 0.4) is 0 Å². The minimum Gasteiger partial charge on any atom is -0.496 e. The van der Waals surface area contributed by atoms with Crippen LogP contribution < -0.4 is 30.6 Å². The predicted molar refractivity (Wildman–Crippen MR) is 389 cm³/mol. The Labute approximate surface area is 560 Å². The molecule has 94 heavy (non-hydrogen) atoms. The van der Waals surface area contributed by atoms with Crippen LogP contribution in [-0.2, 0) is 33.3 Å². The van der Waals surface area contributed by atoms with Gasteiger partial charge in [-0.3, -0.25) is 0 Å². The van der Waals surface area contributed by atoms with E-state index in [-0.39, 0.29) is 22.5 Å². The number of benzene rings is 9. The zero-order valence-electron chi connectivity index (χ0n) is 58.5. The molecule has 3 aliphatic heterocycles. The maximum absolute atomic E-state index is 6.93. The van der Waals surface area contributed by atoms with Gasteiger partial charge in [0.2, 0.25) is 0 Å². The van der Waals surface area contributed by atoms with Gasteiger partial charge in [0, 0.05) is 18.4 Å². The Bertz CT molecular complexity index is 4290. The lowest BCUT2D eigenvalue weighted by molar-refractivity contribution is -0.0235. The zero-order valence-corrected chi connectivity index (χ0v) is 58.5. The van der Waals surface area contributed by atoms with Gasteiger partial charge in [0.25, 0.3) is 0 Å². The first kappa shape index (κ1) is 65.8. The Morgan fingerprint density at radius 3 is 1.21 bits per heavy atom.